The zero-order valence-corrected chi connectivity index (χ0v) is 11.0. The maximum absolute atomic E-state index is 11.9. The molecule has 3 N–H and O–H groups in total. The molecular formula is C15H14N4O. The SMILES string of the molecule is Cc1cc2cc(NC(=O)Nc3cccnc3)ccc2[nH]1. The molecule has 3 rings (SSSR count). The van der Waals surface area contributed by atoms with Crippen molar-refractivity contribution in [3.8, 4) is 0 Å². The second-order valence-electron chi connectivity index (χ2n) is 4.58. The Hall–Kier alpha value is -2.82. The molecule has 3 aromatic rings. The van der Waals surface area contributed by atoms with E-state index in [9.17, 15) is 4.79 Å². The summed E-state index contributed by atoms with van der Waals surface area (Å²) in [6, 6.07) is 11.0. The van der Waals surface area contributed by atoms with Crippen LogP contribution < -0.4 is 10.6 Å². The highest BCUT2D eigenvalue weighted by atomic mass is 16.2. The first kappa shape index (κ1) is 12.2. The Bertz CT molecular complexity index is 749. The van der Waals surface area contributed by atoms with E-state index >= 15 is 0 Å². The van der Waals surface area contributed by atoms with E-state index in [-0.39, 0.29) is 6.03 Å². The third-order valence-corrected chi connectivity index (χ3v) is 2.93. The Labute approximate surface area is 116 Å². The van der Waals surface area contributed by atoms with Gasteiger partial charge in [0.25, 0.3) is 0 Å². The predicted octanol–water partition coefficient (Wildman–Crippen LogP) is 3.52. The van der Waals surface area contributed by atoms with E-state index in [1.165, 1.54) is 0 Å². The molecule has 0 saturated carbocycles. The fraction of sp³-hybridized carbons (Fsp3) is 0.0667. The molecule has 20 heavy (non-hydrogen) atoms. The number of rotatable bonds is 2. The number of carbonyl (C=O) groups excluding carboxylic acids is 1. The molecule has 0 bridgehead atoms. The molecule has 0 unspecified atom stereocenters. The number of hydrogen-bond acceptors (Lipinski definition) is 2. The molecule has 5 nitrogen and oxygen atoms in total. The number of hydrogen-bond donors (Lipinski definition) is 3. The van der Waals surface area contributed by atoms with Crippen molar-refractivity contribution < 1.29 is 4.79 Å². The third-order valence-electron chi connectivity index (χ3n) is 2.93. The largest absolute Gasteiger partial charge is 0.359 e. The van der Waals surface area contributed by atoms with Gasteiger partial charge in [-0.1, -0.05) is 0 Å². The van der Waals surface area contributed by atoms with E-state index in [1.807, 2.05) is 31.2 Å². The average molecular weight is 266 g/mol. The van der Waals surface area contributed by atoms with Crippen LogP contribution in [0.15, 0.2) is 48.8 Å². The highest BCUT2D eigenvalue weighted by Crippen LogP contribution is 2.20. The zero-order valence-electron chi connectivity index (χ0n) is 11.0. The number of amides is 2. The monoisotopic (exact) mass is 266 g/mol. The number of anilines is 2. The summed E-state index contributed by atoms with van der Waals surface area (Å²) in [6.07, 6.45) is 3.25. The van der Waals surface area contributed by atoms with Crippen molar-refractivity contribution in [1.82, 2.24) is 9.97 Å². The van der Waals surface area contributed by atoms with E-state index < -0.39 is 0 Å². The number of nitrogens with one attached hydrogen (secondary N) is 3. The highest BCUT2D eigenvalue weighted by Gasteiger charge is 2.04. The van der Waals surface area contributed by atoms with Crippen molar-refractivity contribution in [2.75, 3.05) is 10.6 Å². The summed E-state index contributed by atoms with van der Waals surface area (Å²) in [6.45, 7) is 2.00. The van der Waals surface area contributed by atoms with Crippen molar-refractivity contribution >= 4 is 28.3 Å². The van der Waals surface area contributed by atoms with Gasteiger partial charge in [-0.3, -0.25) is 4.98 Å². The van der Waals surface area contributed by atoms with Crippen LogP contribution in [0.5, 0.6) is 0 Å². The predicted molar refractivity (Wildman–Crippen MR) is 79.9 cm³/mol. The number of urea groups is 1. The quantitative estimate of drug-likeness (QED) is 0.664. The number of fused-ring (bicyclic) bond motifs is 1. The Kier molecular flexibility index (Phi) is 3.09. The normalized spacial score (nSPS) is 10.4. The summed E-state index contributed by atoms with van der Waals surface area (Å²) < 4.78 is 0. The van der Waals surface area contributed by atoms with Gasteiger partial charge in [0.2, 0.25) is 0 Å². The highest BCUT2D eigenvalue weighted by molar-refractivity contribution is 6.00. The second kappa shape index (κ2) is 5.05. The summed E-state index contributed by atoms with van der Waals surface area (Å²) in [7, 11) is 0. The van der Waals surface area contributed by atoms with Crippen molar-refractivity contribution in [3.63, 3.8) is 0 Å². The van der Waals surface area contributed by atoms with Crippen molar-refractivity contribution in [2.45, 2.75) is 6.92 Å². The summed E-state index contributed by atoms with van der Waals surface area (Å²) in [5.41, 5.74) is 3.55. The van der Waals surface area contributed by atoms with Gasteiger partial charge in [-0.15, -0.1) is 0 Å². The number of aromatic nitrogens is 2. The summed E-state index contributed by atoms with van der Waals surface area (Å²) in [4.78, 5) is 19.0. The molecule has 0 aliphatic heterocycles. The van der Waals surface area contributed by atoms with Gasteiger partial charge < -0.3 is 15.6 Å². The van der Waals surface area contributed by atoms with Crippen LogP contribution in [0.1, 0.15) is 5.69 Å². The summed E-state index contributed by atoms with van der Waals surface area (Å²) in [5.74, 6) is 0. The smallest absolute Gasteiger partial charge is 0.323 e. The lowest BCUT2D eigenvalue weighted by molar-refractivity contribution is 0.262. The number of benzene rings is 1. The van der Waals surface area contributed by atoms with Gasteiger partial charge in [-0.2, -0.15) is 0 Å². The molecule has 5 heteroatoms. The van der Waals surface area contributed by atoms with Crippen LogP contribution >= 0.6 is 0 Å². The molecule has 100 valence electrons. The molecule has 2 heterocycles. The topological polar surface area (TPSA) is 69.8 Å². The van der Waals surface area contributed by atoms with Gasteiger partial charge in [0.05, 0.1) is 11.9 Å². The lowest BCUT2D eigenvalue weighted by Crippen LogP contribution is -2.19. The van der Waals surface area contributed by atoms with E-state index in [2.05, 4.69) is 20.6 Å². The van der Waals surface area contributed by atoms with E-state index in [0.29, 0.717) is 5.69 Å². The summed E-state index contributed by atoms with van der Waals surface area (Å²) >= 11 is 0. The van der Waals surface area contributed by atoms with Crippen LogP contribution in [0.3, 0.4) is 0 Å². The molecule has 0 radical (unpaired) electrons. The standard InChI is InChI=1S/C15H14N4O/c1-10-7-11-8-12(4-5-14(11)17-10)18-15(20)19-13-3-2-6-16-9-13/h2-9,17H,1H3,(H2,18,19,20). The Morgan fingerprint density at radius 3 is 2.80 bits per heavy atom. The van der Waals surface area contributed by atoms with E-state index in [0.717, 1.165) is 22.3 Å². The van der Waals surface area contributed by atoms with Crippen LogP contribution in [-0.2, 0) is 0 Å². The first-order valence-corrected chi connectivity index (χ1v) is 6.28. The summed E-state index contributed by atoms with van der Waals surface area (Å²) in [5, 5.41) is 6.59. The molecule has 0 fully saturated rings. The number of carbonyl (C=O) groups is 1. The van der Waals surface area contributed by atoms with E-state index in [1.54, 1.807) is 24.5 Å². The second-order valence-corrected chi connectivity index (χ2v) is 4.58. The lowest BCUT2D eigenvalue weighted by atomic mass is 10.2. The fourth-order valence-corrected chi connectivity index (χ4v) is 2.09. The van der Waals surface area contributed by atoms with Crippen LogP contribution in [0.2, 0.25) is 0 Å². The number of aromatic amines is 1. The van der Waals surface area contributed by atoms with Gasteiger partial charge >= 0.3 is 6.03 Å². The third kappa shape index (κ3) is 2.61. The van der Waals surface area contributed by atoms with Crippen molar-refractivity contribution in [2.24, 2.45) is 0 Å². The molecule has 0 atom stereocenters. The molecule has 2 amide bonds. The molecule has 1 aromatic carbocycles. The number of nitrogens with zero attached hydrogens (tertiary/aromatic N) is 1. The maximum Gasteiger partial charge on any atom is 0.323 e. The molecule has 0 aliphatic carbocycles. The van der Waals surface area contributed by atoms with Crippen molar-refractivity contribution in [1.29, 1.82) is 0 Å². The first-order valence-electron chi connectivity index (χ1n) is 6.28. The Morgan fingerprint density at radius 2 is 2.00 bits per heavy atom. The molecular weight excluding hydrogens is 252 g/mol. The minimum atomic E-state index is -0.287. The first-order chi connectivity index (χ1) is 9.70. The van der Waals surface area contributed by atoms with Gasteiger partial charge in [0.15, 0.2) is 0 Å². The van der Waals surface area contributed by atoms with Crippen LogP contribution in [-0.4, -0.2) is 16.0 Å². The Morgan fingerprint density at radius 1 is 1.15 bits per heavy atom. The fourth-order valence-electron chi connectivity index (χ4n) is 2.09. The number of pyridine rings is 1. The zero-order chi connectivity index (χ0) is 13.9. The minimum absolute atomic E-state index is 0.287. The van der Waals surface area contributed by atoms with Crippen LogP contribution in [0.4, 0.5) is 16.2 Å². The van der Waals surface area contributed by atoms with E-state index in [4.69, 9.17) is 0 Å². The van der Waals surface area contributed by atoms with Gasteiger partial charge in [-0.05, 0) is 43.3 Å². The molecule has 0 aliphatic rings. The number of aryl methyl sites for hydroxylation is 1. The minimum Gasteiger partial charge on any atom is -0.359 e. The Balaban J connectivity index is 1.74. The van der Waals surface area contributed by atoms with Crippen LogP contribution in [0, 0.1) is 6.92 Å². The van der Waals surface area contributed by atoms with Gasteiger partial charge in [0.1, 0.15) is 0 Å². The number of H-pyrrole nitrogens is 1. The molecule has 2 aromatic heterocycles. The van der Waals surface area contributed by atoms with Gasteiger partial charge in [0, 0.05) is 28.5 Å². The molecule has 0 saturated heterocycles. The maximum atomic E-state index is 11.9. The molecule has 0 spiro atoms. The average Bonchev–Trinajstić information content (AvgIpc) is 2.79. The van der Waals surface area contributed by atoms with Crippen LogP contribution in [0.25, 0.3) is 10.9 Å². The lowest BCUT2D eigenvalue weighted by Gasteiger charge is -2.07. The van der Waals surface area contributed by atoms with Crippen molar-refractivity contribution in [3.05, 3.63) is 54.5 Å². The van der Waals surface area contributed by atoms with Gasteiger partial charge in [-0.25, -0.2) is 4.79 Å².